The molecule has 2 rings (SSSR count). The molecule has 140 valence electrons. The van der Waals surface area contributed by atoms with E-state index in [1.165, 1.54) is 0 Å². The van der Waals surface area contributed by atoms with Gasteiger partial charge < -0.3 is 20.1 Å². The molecule has 2 unspecified atom stereocenters. The highest BCUT2D eigenvalue weighted by Gasteiger charge is 2.27. The van der Waals surface area contributed by atoms with Gasteiger partial charge in [0.2, 0.25) is 5.91 Å². The number of carbonyl (C=O) groups excluding carboxylic acids is 1. The summed E-state index contributed by atoms with van der Waals surface area (Å²) in [5.41, 5.74) is 0.866. The molecular formula is C20H32N2O3. The van der Waals surface area contributed by atoms with E-state index in [4.69, 9.17) is 4.74 Å². The van der Waals surface area contributed by atoms with Gasteiger partial charge in [-0.25, -0.2) is 0 Å². The van der Waals surface area contributed by atoms with E-state index in [1.54, 1.807) is 7.11 Å². The van der Waals surface area contributed by atoms with Crippen molar-refractivity contribution in [3.8, 4) is 5.75 Å². The summed E-state index contributed by atoms with van der Waals surface area (Å²) in [6.07, 6.45) is 1.16. The number of ether oxygens (including phenoxy) is 1. The molecule has 2 atom stereocenters. The minimum Gasteiger partial charge on any atom is -0.497 e. The number of carbonyl (C=O) groups is 1. The highest BCUT2D eigenvalue weighted by Crippen LogP contribution is 2.23. The minimum atomic E-state index is -0.540. The first-order valence-electron chi connectivity index (χ1n) is 9.25. The van der Waals surface area contributed by atoms with Crippen LogP contribution in [0.25, 0.3) is 0 Å². The summed E-state index contributed by atoms with van der Waals surface area (Å²) >= 11 is 0. The SMILES string of the molecule is COc1cccc(C(O)CN2CCC(C(=O)NC(C)C(C)C)CC2)c1. The number of aliphatic hydroxyl groups excluding tert-OH is 1. The predicted octanol–water partition coefficient (Wildman–Crippen LogP) is 2.60. The topological polar surface area (TPSA) is 61.8 Å². The van der Waals surface area contributed by atoms with E-state index in [9.17, 15) is 9.90 Å². The van der Waals surface area contributed by atoms with E-state index >= 15 is 0 Å². The van der Waals surface area contributed by atoms with Crippen molar-refractivity contribution in [2.45, 2.75) is 45.8 Å². The first-order valence-corrected chi connectivity index (χ1v) is 9.25. The number of aliphatic hydroxyl groups is 1. The maximum Gasteiger partial charge on any atom is 0.223 e. The molecule has 1 amide bonds. The van der Waals surface area contributed by atoms with E-state index in [2.05, 4.69) is 31.0 Å². The molecule has 0 aromatic heterocycles. The third-order valence-corrected chi connectivity index (χ3v) is 5.24. The van der Waals surface area contributed by atoms with Gasteiger partial charge in [-0.05, 0) is 56.5 Å². The summed E-state index contributed by atoms with van der Waals surface area (Å²) < 4.78 is 5.21. The van der Waals surface area contributed by atoms with Crippen molar-refractivity contribution in [3.63, 3.8) is 0 Å². The fourth-order valence-corrected chi connectivity index (χ4v) is 3.09. The van der Waals surface area contributed by atoms with Gasteiger partial charge in [0.15, 0.2) is 0 Å². The van der Waals surface area contributed by atoms with Gasteiger partial charge in [0.05, 0.1) is 13.2 Å². The Balaban J connectivity index is 1.80. The molecule has 0 radical (unpaired) electrons. The summed E-state index contributed by atoms with van der Waals surface area (Å²) in [5, 5.41) is 13.6. The van der Waals surface area contributed by atoms with Crippen LogP contribution in [0.15, 0.2) is 24.3 Å². The number of nitrogens with one attached hydrogen (secondary N) is 1. The summed E-state index contributed by atoms with van der Waals surface area (Å²) in [6.45, 7) is 8.57. The van der Waals surface area contributed by atoms with Gasteiger partial charge >= 0.3 is 0 Å². The number of hydrogen-bond acceptors (Lipinski definition) is 4. The van der Waals surface area contributed by atoms with Crippen LogP contribution in [0.4, 0.5) is 0 Å². The number of methoxy groups -OCH3 is 1. The molecule has 1 heterocycles. The summed E-state index contributed by atoms with van der Waals surface area (Å²) in [6, 6.07) is 7.77. The van der Waals surface area contributed by atoms with E-state index in [0.717, 1.165) is 37.2 Å². The molecule has 25 heavy (non-hydrogen) atoms. The number of benzene rings is 1. The van der Waals surface area contributed by atoms with E-state index in [0.29, 0.717) is 12.5 Å². The Morgan fingerprint density at radius 1 is 1.32 bits per heavy atom. The van der Waals surface area contributed by atoms with Crippen LogP contribution < -0.4 is 10.1 Å². The highest BCUT2D eigenvalue weighted by atomic mass is 16.5. The number of amides is 1. The molecule has 0 aliphatic carbocycles. The number of piperidine rings is 1. The van der Waals surface area contributed by atoms with Crippen molar-refractivity contribution in [3.05, 3.63) is 29.8 Å². The quantitative estimate of drug-likeness (QED) is 0.795. The average Bonchev–Trinajstić information content (AvgIpc) is 2.62. The average molecular weight is 348 g/mol. The van der Waals surface area contributed by atoms with Crippen LogP contribution in [0.2, 0.25) is 0 Å². The molecule has 0 spiro atoms. The van der Waals surface area contributed by atoms with Crippen molar-refractivity contribution >= 4 is 5.91 Å². The lowest BCUT2D eigenvalue weighted by atomic mass is 9.94. The lowest BCUT2D eigenvalue weighted by Crippen LogP contribution is -2.45. The molecule has 5 heteroatoms. The molecule has 1 aromatic rings. The molecule has 1 fully saturated rings. The zero-order valence-electron chi connectivity index (χ0n) is 15.9. The summed E-state index contributed by atoms with van der Waals surface area (Å²) in [7, 11) is 1.63. The lowest BCUT2D eigenvalue weighted by Gasteiger charge is -2.33. The van der Waals surface area contributed by atoms with Gasteiger partial charge in [-0.2, -0.15) is 0 Å². The Hall–Kier alpha value is -1.59. The van der Waals surface area contributed by atoms with Gasteiger partial charge in [-0.1, -0.05) is 26.0 Å². The van der Waals surface area contributed by atoms with Crippen LogP contribution in [0.1, 0.15) is 45.3 Å². The van der Waals surface area contributed by atoms with Crippen LogP contribution in [-0.4, -0.2) is 48.7 Å². The first kappa shape index (κ1) is 19.7. The maximum atomic E-state index is 12.3. The van der Waals surface area contributed by atoms with Gasteiger partial charge in [-0.3, -0.25) is 4.79 Å². The van der Waals surface area contributed by atoms with Crippen molar-refractivity contribution in [2.24, 2.45) is 11.8 Å². The smallest absolute Gasteiger partial charge is 0.223 e. The van der Waals surface area contributed by atoms with Gasteiger partial charge in [0.1, 0.15) is 5.75 Å². The third kappa shape index (κ3) is 5.72. The predicted molar refractivity (Wildman–Crippen MR) is 99.6 cm³/mol. The molecule has 1 aliphatic rings. The molecule has 1 saturated heterocycles. The molecule has 2 N–H and O–H groups in total. The largest absolute Gasteiger partial charge is 0.497 e. The summed E-state index contributed by atoms with van der Waals surface area (Å²) in [4.78, 5) is 14.6. The van der Waals surface area contributed by atoms with Crippen LogP contribution in [-0.2, 0) is 4.79 Å². The monoisotopic (exact) mass is 348 g/mol. The van der Waals surface area contributed by atoms with Crippen LogP contribution in [0.3, 0.4) is 0 Å². The molecule has 1 aromatic carbocycles. The normalized spacial score (nSPS) is 18.8. The fraction of sp³-hybridized carbons (Fsp3) is 0.650. The molecule has 0 saturated carbocycles. The second kappa shape index (κ2) is 9.20. The Morgan fingerprint density at radius 3 is 2.60 bits per heavy atom. The number of nitrogens with zero attached hydrogens (tertiary/aromatic N) is 1. The van der Waals surface area contributed by atoms with Gasteiger partial charge in [0.25, 0.3) is 0 Å². The maximum absolute atomic E-state index is 12.3. The fourth-order valence-electron chi connectivity index (χ4n) is 3.09. The second-order valence-corrected chi connectivity index (χ2v) is 7.41. The Bertz CT molecular complexity index is 554. The van der Waals surface area contributed by atoms with Gasteiger partial charge in [0, 0.05) is 18.5 Å². The van der Waals surface area contributed by atoms with Gasteiger partial charge in [-0.15, -0.1) is 0 Å². The van der Waals surface area contributed by atoms with Crippen LogP contribution >= 0.6 is 0 Å². The molecule has 1 aliphatic heterocycles. The van der Waals surface area contributed by atoms with Crippen molar-refractivity contribution in [1.29, 1.82) is 0 Å². The summed E-state index contributed by atoms with van der Waals surface area (Å²) in [5.74, 6) is 1.47. The molecule has 5 nitrogen and oxygen atoms in total. The number of hydrogen-bond donors (Lipinski definition) is 2. The Labute approximate surface area is 151 Å². The highest BCUT2D eigenvalue weighted by molar-refractivity contribution is 5.79. The van der Waals surface area contributed by atoms with E-state index in [1.807, 2.05) is 24.3 Å². The van der Waals surface area contributed by atoms with Crippen molar-refractivity contribution < 1.29 is 14.6 Å². The van der Waals surface area contributed by atoms with Crippen molar-refractivity contribution in [1.82, 2.24) is 10.2 Å². The number of rotatable bonds is 7. The zero-order chi connectivity index (χ0) is 18.4. The Kier molecular flexibility index (Phi) is 7.26. The standard InChI is InChI=1S/C20H32N2O3/c1-14(2)15(3)21-20(24)16-8-10-22(11-9-16)13-19(23)17-6-5-7-18(12-17)25-4/h5-7,12,14-16,19,23H,8-11,13H2,1-4H3,(H,21,24). The molecular weight excluding hydrogens is 316 g/mol. The van der Waals surface area contributed by atoms with Crippen molar-refractivity contribution in [2.75, 3.05) is 26.7 Å². The Morgan fingerprint density at radius 2 is 2.00 bits per heavy atom. The first-order chi connectivity index (χ1) is 11.9. The van der Waals surface area contributed by atoms with E-state index in [-0.39, 0.29) is 17.9 Å². The third-order valence-electron chi connectivity index (χ3n) is 5.24. The van der Waals surface area contributed by atoms with E-state index < -0.39 is 6.10 Å². The molecule has 0 bridgehead atoms. The zero-order valence-corrected chi connectivity index (χ0v) is 15.9. The number of β-amino-alcohol motifs (C(OH)–C–C–N with tert-alkyl or cyclic N) is 1. The van der Waals surface area contributed by atoms with Crippen LogP contribution in [0.5, 0.6) is 5.75 Å². The minimum absolute atomic E-state index is 0.0893. The lowest BCUT2D eigenvalue weighted by molar-refractivity contribution is -0.127. The second-order valence-electron chi connectivity index (χ2n) is 7.41. The number of likely N-dealkylation sites (tertiary alicyclic amines) is 1. The van der Waals surface area contributed by atoms with Crippen LogP contribution in [0, 0.1) is 11.8 Å².